The quantitative estimate of drug-likeness (QED) is 0.610. The Morgan fingerprint density at radius 2 is 1.79 bits per heavy atom. The Morgan fingerprint density at radius 3 is 2.39 bits per heavy atom. The van der Waals surface area contributed by atoms with Crippen LogP contribution in [0.5, 0.6) is 0 Å². The molecule has 2 heterocycles. The third kappa shape index (κ3) is 4.96. The SMILES string of the molecule is N#CC1CC(F)CN1C(=O)CN(C(=O)OCc1ccccc1)C12CCC(C(=O)N3CCC(O)C3)(CC1)CC2. The maximum Gasteiger partial charge on any atom is 0.411 e. The van der Waals surface area contributed by atoms with E-state index in [1.165, 1.54) is 9.80 Å². The van der Waals surface area contributed by atoms with Gasteiger partial charge in [-0.1, -0.05) is 30.3 Å². The maximum absolute atomic E-state index is 14.0. The van der Waals surface area contributed by atoms with Crippen LogP contribution in [0.15, 0.2) is 30.3 Å². The van der Waals surface area contributed by atoms with E-state index < -0.39 is 41.3 Å². The van der Waals surface area contributed by atoms with Crippen LogP contribution >= 0.6 is 0 Å². The largest absolute Gasteiger partial charge is 0.445 e. The summed E-state index contributed by atoms with van der Waals surface area (Å²) in [5, 5.41) is 19.3. The minimum absolute atomic E-state index is 0.0261. The van der Waals surface area contributed by atoms with Gasteiger partial charge in [0.1, 0.15) is 25.4 Å². The van der Waals surface area contributed by atoms with E-state index in [1.54, 1.807) is 4.90 Å². The number of carbonyl (C=O) groups is 3. The molecular weight excluding hydrogens is 491 g/mol. The fourth-order valence-corrected chi connectivity index (χ4v) is 6.79. The van der Waals surface area contributed by atoms with Crippen molar-refractivity contribution in [1.29, 1.82) is 5.26 Å². The predicted octanol–water partition coefficient (Wildman–Crippen LogP) is 2.77. The summed E-state index contributed by atoms with van der Waals surface area (Å²) in [6.07, 6.45) is 1.63. The van der Waals surface area contributed by atoms with E-state index in [2.05, 4.69) is 0 Å². The normalized spacial score (nSPS) is 32.2. The monoisotopic (exact) mass is 526 g/mol. The lowest BCUT2D eigenvalue weighted by atomic mass is 9.56. The first-order valence-corrected chi connectivity index (χ1v) is 13.5. The summed E-state index contributed by atoms with van der Waals surface area (Å²) < 4.78 is 19.7. The van der Waals surface area contributed by atoms with Gasteiger partial charge < -0.3 is 19.6 Å². The van der Waals surface area contributed by atoms with Gasteiger partial charge >= 0.3 is 6.09 Å². The number of carbonyl (C=O) groups excluding carboxylic acids is 3. The highest BCUT2D eigenvalue weighted by Gasteiger charge is 2.57. The minimum atomic E-state index is -1.26. The second kappa shape index (κ2) is 10.5. The molecule has 6 rings (SSSR count). The Morgan fingerprint density at radius 1 is 1.11 bits per heavy atom. The first-order valence-electron chi connectivity index (χ1n) is 13.5. The van der Waals surface area contributed by atoms with Gasteiger partial charge in [0.15, 0.2) is 0 Å². The number of nitriles is 1. The van der Waals surface area contributed by atoms with Gasteiger partial charge in [-0.25, -0.2) is 9.18 Å². The van der Waals surface area contributed by atoms with Gasteiger partial charge in [0, 0.05) is 30.5 Å². The fraction of sp³-hybridized carbons (Fsp3) is 0.643. The Hall–Kier alpha value is -3.19. The number of hydrogen-bond donors (Lipinski definition) is 1. The molecule has 2 saturated heterocycles. The lowest BCUT2D eigenvalue weighted by Gasteiger charge is -2.56. The molecule has 204 valence electrons. The molecule has 0 spiro atoms. The molecule has 2 aliphatic heterocycles. The van der Waals surface area contributed by atoms with Crippen molar-refractivity contribution in [3.05, 3.63) is 35.9 Å². The summed E-state index contributed by atoms with van der Waals surface area (Å²) in [7, 11) is 0. The van der Waals surface area contributed by atoms with Crippen LogP contribution in [0.25, 0.3) is 0 Å². The number of fused-ring (bicyclic) bond motifs is 3. The van der Waals surface area contributed by atoms with Crippen LogP contribution in [0.4, 0.5) is 9.18 Å². The van der Waals surface area contributed by atoms with E-state index in [0.717, 1.165) is 5.56 Å². The summed E-state index contributed by atoms with van der Waals surface area (Å²) >= 11 is 0. The van der Waals surface area contributed by atoms with Crippen LogP contribution in [-0.2, 0) is 20.9 Å². The number of alkyl halides is 1. The number of nitrogens with zero attached hydrogens (tertiary/aromatic N) is 4. The van der Waals surface area contributed by atoms with Crippen molar-refractivity contribution in [3.63, 3.8) is 0 Å². The Labute approximate surface area is 222 Å². The molecule has 1 N–H and O–H groups in total. The Balaban J connectivity index is 1.33. The average molecular weight is 527 g/mol. The Bertz CT molecular complexity index is 1080. The van der Waals surface area contributed by atoms with Gasteiger partial charge in [0.25, 0.3) is 0 Å². The van der Waals surface area contributed by atoms with Crippen molar-refractivity contribution in [2.45, 2.75) is 81.8 Å². The lowest BCUT2D eigenvalue weighted by molar-refractivity contribution is -0.153. The van der Waals surface area contributed by atoms with Gasteiger partial charge in [-0.2, -0.15) is 5.26 Å². The maximum atomic E-state index is 14.0. The van der Waals surface area contributed by atoms with E-state index in [0.29, 0.717) is 58.0 Å². The van der Waals surface area contributed by atoms with Crippen LogP contribution in [0, 0.1) is 16.7 Å². The van der Waals surface area contributed by atoms with Crippen LogP contribution in [0.3, 0.4) is 0 Å². The third-order valence-corrected chi connectivity index (χ3v) is 9.12. The molecule has 9 nitrogen and oxygen atoms in total. The van der Waals surface area contributed by atoms with Crippen LogP contribution < -0.4 is 0 Å². The highest BCUT2D eigenvalue weighted by atomic mass is 19.1. The molecule has 10 heteroatoms. The van der Waals surface area contributed by atoms with E-state index >= 15 is 0 Å². The van der Waals surface area contributed by atoms with Crippen LogP contribution in [0.2, 0.25) is 0 Å². The smallest absolute Gasteiger partial charge is 0.411 e. The molecule has 5 aliphatic rings. The zero-order chi connectivity index (χ0) is 26.9. The van der Waals surface area contributed by atoms with Gasteiger partial charge in [0.2, 0.25) is 11.8 Å². The molecule has 3 aliphatic carbocycles. The van der Waals surface area contributed by atoms with Crippen molar-refractivity contribution < 1.29 is 28.6 Å². The topological polar surface area (TPSA) is 114 Å². The lowest BCUT2D eigenvalue weighted by Crippen LogP contribution is -2.63. The molecule has 38 heavy (non-hydrogen) atoms. The summed E-state index contributed by atoms with van der Waals surface area (Å²) in [5.74, 6) is -0.383. The van der Waals surface area contributed by atoms with E-state index in [9.17, 15) is 29.1 Å². The van der Waals surface area contributed by atoms with Crippen molar-refractivity contribution in [2.75, 3.05) is 26.2 Å². The second-order valence-corrected chi connectivity index (χ2v) is 11.3. The third-order valence-electron chi connectivity index (χ3n) is 9.12. The van der Waals surface area contributed by atoms with E-state index in [4.69, 9.17) is 4.74 Å². The summed E-state index contributed by atoms with van der Waals surface area (Å²) in [6.45, 7) is 0.527. The number of aliphatic hydroxyl groups excluding tert-OH is 1. The molecule has 0 aromatic heterocycles. The molecule has 5 fully saturated rings. The highest BCUT2D eigenvalue weighted by Crippen LogP contribution is 2.55. The van der Waals surface area contributed by atoms with Crippen molar-refractivity contribution in [2.24, 2.45) is 5.41 Å². The first-order chi connectivity index (χ1) is 18.2. The molecule has 2 bridgehead atoms. The van der Waals surface area contributed by atoms with Crippen LogP contribution in [-0.4, -0.2) is 87.7 Å². The van der Waals surface area contributed by atoms with Crippen LogP contribution in [0.1, 0.15) is 56.9 Å². The molecule has 3 amide bonds. The van der Waals surface area contributed by atoms with Gasteiger partial charge in [-0.3, -0.25) is 14.5 Å². The molecular formula is C28H35FN4O5. The minimum Gasteiger partial charge on any atom is -0.445 e. The molecule has 0 radical (unpaired) electrons. The number of benzene rings is 1. The van der Waals surface area contributed by atoms with E-state index in [-0.39, 0.29) is 32.0 Å². The number of amides is 3. The average Bonchev–Trinajstić information content (AvgIpc) is 3.56. The zero-order valence-electron chi connectivity index (χ0n) is 21.6. The van der Waals surface area contributed by atoms with E-state index in [1.807, 2.05) is 36.4 Å². The highest BCUT2D eigenvalue weighted by molar-refractivity contribution is 5.85. The summed E-state index contributed by atoms with van der Waals surface area (Å²) in [6, 6.07) is 10.4. The second-order valence-electron chi connectivity index (χ2n) is 11.3. The molecule has 1 aromatic carbocycles. The summed E-state index contributed by atoms with van der Waals surface area (Å²) in [4.78, 5) is 44.7. The number of aliphatic hydroxyl groups is 1. The summed E-state index contributed by atoms with van der Waals surface area (Å²) in [5.41, 5.74) is -0.330. The number of halogens is 1. The fourth-order valence-electron chi connectivity index (χ4n) is 6.79. The standard InChI is InChI=1S/C28H35FN4O5/c29-21-14-22(15-30)32(16-21)24(35)18-33(26(37)38-19-20-4-2-1-3-5-20)28-10-7-27(8-11-28,9-12-28)25(36)31-13-6-23(34)17-31/h1-5,21-23,34H,6-14,16-19H2. The molecule has 3 atom stereocenters. The van der Waals surface area contributed by atoms with Gasteiger partial charge in [-0.05, 0) is 50.5 Å². The number of hydrogen-bond acceptors (Lipinski definition) is 6. The van der Waals surface area contributed by atoms with Gasteiger partial charge in [0.05, 0.1) is 18.7 Å². The number of ether oxygens (including phenoxy) is 1. The molecule has 3 saturated carbocycles. The zero-order valence-corrected chi connectivity index (χ0v) is 21.6. The van der Waals surface area contributed by atoms with Crippen molar-refractivity contribution >= 4 is 17.9 Å². The number of β-amino-alcohol motifs (C(OH)–C–C–N with tert-alkyl or cyclic N) is 1. The molecule has 3 unspecified atom stereocenters. The van der Waals surface area contributed by atoms with Crippen molar-refractivity contribution in [1.82, 2.24) is 14.7 Å². The van der Waals surface area contributed by atoms with Crippen molar-refractivity contribution in [3.8, 4) is 6.07 Å². The number of likely N-dealkylation sites (tertiary alicyclic amines) is 2. The Kier molecular flexibility index (Phi) is 7.32. The predicted molar refractivity (Wildman–Crippen MR) is 134 cm³/mol. The molecule has 1 aromatic rings. The first kappa shape index (κ1) is 26.4. The van der Waals surface area contributed by atoms with Gasteiger partial charge in [-0.15, -0.1) is 0 Å². The number of rotatable bonds is 6.